The van der Waals surface area contributed by atoms with Crippen molar-refractivity contribution >= 4 is 41.1 Å². The molecular weight excluding hydrogens is 363 g/mol. The van der Waals surface area contributed by atoms with Gasteiger partial charge < -0.3 is 10.1 Å². The lowest BCUT2D eigenvalue weighted by Crippen LogP contribution is -2.17. The van der Waals surface area contributed by atoms with Crippen LogP contribution in [0.25, 0.3) is 6.08 Å². The molecule has 0 radical (unpaired) electrons. The standard InChI is InChI=1S/C17H11FN2O5S/c1-9(21)25-14-4-2-10(6-13(14)20(23)24)7-16-17(22)19-12-8-11(18)3-5-15(12)26-16/h2-8H,1H3,(H,19,22)/b16-7+. The average molecular weight is 374 g/mol. The topological polar surface area (TPSA) is 98.5 Å². The maximum absolute atomic E-state index is 13.2. The average Bonchev–Trinajstić information content (AvgIpc) is 2.56. The third-order valence-corrected chi connectivity index (χ3v) is 4.46. The first-order valence-electron chi connectivity index (χ1n) is 7.31. The van der Waals surface area contributed by atoms with Crippen LogP contribution in [0.1, 0.15) is 12.5 Å². The molecule has 132 valence electrons. The number of anilines is 1. The van der Waals surface area contributed by atoms with Gasteiger partial charge in [-0.25, -0.2) is 4.39 Å². The fourth-order valence-electron chi connectivity index (χ4n) is 2.29. The predicted molar refractivity (Wildman–Crippen MR) is 93.3 cm³/mol. The summed E-state index contributed by atoms with van der Waals surface area (Å²) in [5.74, 6) is -1.76. The van der Waals surface area contributed by atoms with Crippen molar-refractivity contribution in [3.63, 3.8) is 0 Å². The van der Waals surface area contributed by atoms with Gasteiger partial charge in [0.25, 0.3) is 5.91 Å². The van der Waals surface area contributed by atoms with E-state index in [1.165, 1.54) is 42.5 Å². The molecule has 1 heterocycles. The molecule has 2 aromatic carbocycles. The molecule has 9 heteroatoms. The summed E-state index contributed by atoms with van der Waals surface area (Å²) in [4.78, 5) is 34.7. The molecule has 1 amide bonds. The number of hydrogen-bond acceptors (Lipinski definition) is 6. The van der Waals surface area contributed by atoms with Gasteiger partial charge in [0.2, 0.25) is 5.75 Å². The molecule has 0 atom stereocenters. The molecule has 2 aromatic rings. The van der Waals surface area contributed by atoms with Gasteiger partial charge in [0.15, 0.2) is 0 Å². The summed E-state index contributed by atoms with van der Waals surface area (Å²) < 4.78 is 18.0. The van der Waals surface area contributed by atoms with E-state index in [2.05, 4.69) is 5.32 Å². The van der Waals surface area contributed by atoms with Crippen LogP contribution < -0.4 is 10.1 Å². The predicted octanol–water partition coefficient (Wildman–Crippen LogP) is 3.74. The van der Waals surface area contributed by atoms with E-state index in [1.54, 1.807) is 0 Å². The normalized spacial score (nSPS) is 14.5. The van der Waals surface area contributed by atoms with Crippen LogP contribution in [0.15, 0.2) is 46.2 Å². The highest BCUT2D eigenvalue weighted by atomic mass is 32.2. The van der Waals surface area contributed by atoms with Gasteiger partial charge in [-0.2, -0.15) is 0 Å². The third-order valence-electron chi connectivity index (χ3n) is 3.36. The van der Waals surface area contributed by atoms with Crippen LogP contribution in [0.5, 0.6) is 5.75 Å². The van der Waals surface area contributed by atoms with E-state index in [9.17, 15) is 24.1 Å². The summed E-state index contributed by atoms with van der Waals surface area (Å²) in [5, 5.41) is 13.8. The first kappa shape index (κ1) is 17.6. The molecule has 0 saturated carbocycles. The van der Waals surface area contributed by atoms with Crippen LogP contribution in [0.2, 0.25) is 0 Å². The lowest BCUT2D eigenvalue weighted by Gasteiger charge is -2.18. The Bertz CT molecular complexity index is 974. The number of esters is 1. The van der Waals surface area contributed by atoms with Crippen molar-refractivity contribution in [1.82, 2.24) is 0 Å². The first-order chi connectivity index (χ1) is 12.3. The van der Waals surface area contributed by atoms with Crippen LogP contribution in [0.3, 0.4) is 0 Å². The van der Waals surface area contributed by atoms with E-state index in [4.69, 9.17) is 4.74 Å². The molecular formula is C17H11FN2O5S. The number of thioether (sulfide) groups is 1. The number of nitro benzene ring substituents is 1. The zero-order valence-corrected chi connectivity index (χ0v) is 14.1. The monoisotopic (exact) mass is 374 g/mol. The molecule has 26 heavy (non-hydrogen) atoms. The number of ether oxygens (including phenoxy) is 1. The maximum Gasteiger partial charge on any atom is 0.312 e. The highest BCUT2D eigenvalue weighted by Crippen LogP contribution is 2.39. The molecule has 0 spiro atoms. The SMILES string of the molecule is CC(=O)Oc1ccc(/C=C2/Sc3ccc(F)cc3NC2=O)cc1[N+](=O)[O-]. The van der Waals surface area contributed by atoms with E-state index in [0.29, 0.717) is 21.1 Å². The van der Waals surface area contributed by atoms with Gasteiger partial charge in [0.1, 0.15) is 5.82 Å². The maximum atomic E-state index is 13.2. The Labute approximate surface area is 151 Å². The number of carbonyl (C=O) groups is 2. The molecule has 0 bridgehead atoms. The van der Waals surface area contributed by atoms with Crippen LogP contribution in [0.4, 0.5) is 15.8 Å². The van der Waals surface area contributed by atoms with Crippen molar-refractivity contribution in [2.45, 2.75) is 11.8 Å². The van der Waals surface area contributed by atoms with E-state index < -0.39 is 28.3 Å². The Morgan fingerprint density at radius 2 is 2.08 bits per heavy atom. The Balaban J connectivity index is 1.95. The Hall–Kier alpha value is -3.20. The number of amides is 1. The van der Waals surface area contributed by atoms with Gasteiger partial charge in [0.05, 0.1) is 15.5 Å². The van der Waals surface area contributed by atoms with Crippen molar-refractivity contribution in [3.05, 3.63) is 62.8 Å². The number of halogens is 1. The number of fused-ring (bicyclic) bond motifs is 1. The molecule has 7 nitrogen and oxygen atoms in total. The Morgan fingerprint density at radius 3 is 2.77 bits per heavy atom. The minimum atomic E-state index is -0.676. The van der Waals surface area contributed by atoms with E-state index in [-0.39, 0.29) is 5.75 Å². The summed E-state index contributed by atoms with van der Waals surface area (Å²) in [6, 6.07) is 8.02. The van der Waals surface area contributed by atoms with Crippen LogP contribution in [-0.4, -0.2) is 16.8 Å². The summed E-state index contributed by atoms with van der Waals surface area (Å²) >= 11 is 1.12. The smallest absolute Gasteiger partial charge is 0.312 e. The van der Waals surface area contributed by atoms with Gasteiger partial charge in [-0.3, -0.25) is 19.7 Å². The van der Waals surface area contributed by atoms with Gasteiger partial charge >= 0.3 is 11.7 Å². The van der Waals surface area contributed by atoms with E-state index in [0.717, 1.165) is 18.7 Å². The van der Waals surface area contributed by atoms with Crippen molar-refractivity contribution in [1.29, 1.82) is 0 Å². The molecule has 3 rings (SSSR count). The van der Waals surface area contributed by atoms with Gasteiger partial charge in [0, 0.05) is 17.9 Å². The molecule has 0 aromatic heterocycles. The molecule has 0 aliphatic carbocycles. The summed E-state index contributed by atoms with van der Waals surface area (Å²) in [7, 11) is 0. The van der Waals surface area contributed by atoms with Gasteiger partial charge in [-0.15, -0.1) is 0 Å². The third kappa shape index (κ3) is 3.72. The minimum Gasteiger partial charge on any atom is -0.419 e. The fraction of sp³-hybridized carbons (Fsp3) is 0.0588. The number of benzene rings is 2. The first-order valence-corrected chi connectivity index (χ1v) is 8.12. The van der Waals surface area contributed by atoms with Crippen LogP contribution in [0, 0.1) is 15.9 Å². The number of nitrogens with zero attached hydrogens (tertiary/aromatic N) is 1. The van der Waals surface area contributed by atoms with E-state index >= 15 is 0 Å². The second-order valence-electron chi connectivity index (χ2n) is 5.28. The lowest BCUT2D eigenvalue weighted by molar-refractivity contribution is -0.385. The van der Waals surface area contributed by atoms with Crippen molar-refractivity contribution in [2.24, 2.45) is 0 Å². The highest BCUT2D eigenvalue weighted by molar-refractivity contribution is 8.04. The van der Waals surface area contributed by atoms with Crippen molar-refractivity contribution < 1.29 is 23.6 Å². The highest BCUT2D eigenvalue weighted by Gasteiger charge is 2.22. The number of carbonyl (C=O) groups excluding carboxylic acids is 2. The molecule has 1 aliphatic rings. The Morgan fingerprint density at radius 1 is 1.31 bits per heavy atom. The number of nitro groups is 1. The fourth-order valence-corrected chi connectivity index (χ4v) is 3.22. The number of nitrogens with one attached hydrogen (secondary N) is 1. The number of rotatable bonds is 3. The zero-order chi connectivity index (χ0) is 18.8. The second kappa shape index (κ2) is 6.96. The lowest BCUT2D eigenvalue weighted by atomic mass is 10.1. The molecule has 0 saturated heterocycles. The van der Waals surface area contributed by atoms with Crippen LogP contribution >= 0.6 is 11.8 Å². The largest absolute Gasteiger partial charge is 0.419 e. The zero-order valence-electron chi connectivity index (χ0n) is 13.3. The van der Waals surface area contributed by atoms with E-state index in [1.807, 2.05) is 0 Å². The summed E-state index contributed by atoms with van der Waals surface area (Å²) in [6.45, 7) is 1.14. The van der Waals surface area contributed by atoms with Gasteiger partial charge in [-0.05, 0) is 35.9 Å². The van der Waals surface area contributed by atoms with Crippen molar-refractivity contribution in [3.8, 4) is 5.75 Å². The van der Waals surface area contributed by atoms with Crippen molar-refractivity contribution in [2.75, 3.05) is 5.32 Å². The summed E-state index contributed by atoms with van der Waals surface area (Å²) in [5.41, 5.74) is 0.363. The quantitative estimate of drug-likeness (QED) is 0.289. The van der Waals surface area contributed by atoms with Gasteiger partial charge in [-0.1, -0.05) is 17.8 Å². The molecule has 0 unspecified atom stereocenters. The van der Waals surface area contributed by atoms with Crippen LogP contribution in [-0.2, 0) is 9.59 Å². The Kier molecular flexibility index (Phi) is 4.72. The number of hydrogen-bond donors (Lipinski definition) is 1. The molecule has 1 N–H and O–H groups in total. The minimum absolute atomic E-state index is 0.175. The second-order valence-corrected chi connectivity index (χ2v) is 6.37. The molecule has 0 fully saturated rings. The summed E-state index contributed by atoms with van der Waals surface area (Å²) in [6.07, 6.45) is 1.47. The molecule has 1 aliphatic heterocycles.